The van der Waals surface area contributed by atoms with E-state index < -0.39 is 11.9 Å². The van der Waals surface area contributed by atoms with E-state index in [1.807, 2.05) is 0 Å². The Morgan fingerprint density at radius 2 is 2.15 bits per heavy atom. The molecule has 0 aliphatic heterocycles. The van der Waals surface area contributed by atoms with Crippen LogP contribution < -0.4 is 11.5 Å². The number of nitrogen functional groups attached to an aromatic ring is 1. The van der Waals surface area contributed by atoms with Gasteiger partial charge in [-0.3, -0.25) is 4.79 Å². The third-order valence-corrected chi connectivity index (χ3v) is 1.34. The quantitative estimate of drug-likeness (QED) is 0.578. The van der Waals surface area contributed by atoms with Crippen LogP contribution in [-0.4, -0.2) is 24.1 Å². The SMILES string of the molecule is COC(=O)c1onc(N)c1C(N)=O. The van der Waals surface area contributed by atoms with E-state index in [0.29, 0.717) is 0 Å². The van der Waals surface area contributed by atoms with Gasteiger partial charge in [0.05, 0.1) is 7.11 Å². The highest BCUT2D eigenvalue weighted by Gasteiger charge is 2.25. The van der Waals surface area contributed by atoms with E-state index in [4.69, 9.17) is 11.5 Å². The lowest BCUT2D eigenvalue weighted by Gasteiger charge is -1.94. The van der Waals surface area contributed by atoms with Crippen molar-refractivity contribution in [3.63, 3.8) is 0 Å². The van der Waals surface area contributed by atoms with Crippen LogP contribution in [0.5, 0.6) is 0 Å². The highest BCUT2D eigenvalue weighted by molar-refractivity contribution is 6.06. The first-order chi connectivity index (χ1) is 6.07. The van der Waals surface area contributed by atoms with Gasteiger partial charge in [-0.1, -0.05) is 5.16 Å². The number of anilines is 1. The molecule has 1 amide bonds. The van der Waals surface area contributed by atoms with Crippen molar-refractivity contribution in [1.29, 1.82) is 0 Å². The average Bonchev–Trinajstić information content (AvgIpc) is 2.45. The number of carbonyl (C=O) groups is 2. The van der Waals surface area contributed by atoms with E-state index in [0.717, 1.165) is 7.11 Å². The first-order valence-corrected chi connectivity index (χ1v) is 3.21. The fraction of sp³-hybridized carbons (Fsp3) is 0.167. The molecule has 0 unspecified atom stereocenters. The van der Waals surface area contributed by atoms with E-state index in [1.165, 1.54) is 0 Å². The summed E-state index contributed by atoms with van der Waals surface area (Å²) in [4.78, 5) is 21.7. The number of nitrogens with zero attached hydrogens (tertiary/aromatic N) is 1. The molecule has 0 aromatic carbocycles. The number of rotatable bonds is 2. The molecular weight excluding hydrogens is 178 g/mol. The highest BCUT2D eigenvalue weighted by atomic mass is 16.5. The second-order valence-corrected chi connectivity index (χ2v) is 2.13. The van der Waals surface area contributed by atoms with Gasteiger partial charge >= 0.3 is 5.97 Å². The van der Waals surface area contributed by atoms with Crippen molar-refractivity contribution in [1.82, 2.24) is 5.16 Å². The van der Waals surface area contributed by atoms with Gasteiger partial charge in [0.25, 0.3) is 11.7 Å². The molecule has 13 heavy (non-hydrogen) atoms. The van der Waals surface area contributed by atoms with Gasteiger partial charge in [-0.05, 0) is 0 Å². The van der Waals surface area contributed by atoms with Gasteiger partial charge in [0, 0.05) is 0 Å². The largest absolute Gasteiger partial charge is 0.463 e. The van der Waals surface area contributed by atoms with Gasteiger partial charge in [0.2, 0.25) is 0 Å². The molecule has 4 N–H and O–H groups in total. The van der Waals surface area contributed by atoms with Crippen LogP contribution in [0.3, 0.4) is 0 Å². The number of amides is 1. The van der Waals surface area contributed by atoms with Crippen LogP contribution in [0.4, 0.5) is 5.82 Å². The van der Waals surface area contributed by atoms with E-state index in [-0.39, 0.29) is 17.1 Å². The first kappa shape index (κ1) is 9.04. The lowest BCUT2D eigenvalue weighted by molar-refractivity contribution is 0.0550. The van der Waals surface area contributed by atoms with Crippen LogP contribution >= 0.6 is 0 Å². The Bertz CT molecular complexity index is 357. The molecule has 0 aliphatic carbocycles. The minimum atomic E-state index is -0.890. The summed E-state index contributed by atoms with van der Waals surface area (Å²) in [6, 6.07) is 0. The Morgan fingerprint density at radius 3 is 2.62 bits per heavy atom. The van der Waals surface area contributed by atoms with Crippen molar-refractivity contribution in [3.05, 3.63) is 11.3 Å². The molecule has 1 aromatic heterocycles. The highest BCUT2D eigenvalue weighted by Crippen LogP contribution is 2.15. The molecule has 1 rings (SSSR count). The van der Waals surface area contributed by atoms with Crippen LogP contribution in [-0.2, 0) is 4.74 Å². The zero-order valence-corrected chi connectivity index (χ0v) is 6.73. The molecule has 1 aromatic rings. The number of aromatic nitrogens is 1. The number of carbonyl (C=O) groups excluding carboxylic acids is 2. The molecule has 0 atom stereocenters. The molecule has 0 radical (unpaired) electrons. The monoisotopic (exact) mass is 185 g/mol. The number of hydrogen-bond acceptors (Lipinski definition) is 6. The van der Waals surface area contributed by atoms with E-state index in [9.17, 15) is 9.59 Å². The van der Waals surface area contributed by atoms with Gasteiger partial charge in [-0.25, -0.2) is 4.79 Å². The molecule has 7 heteroatoms. The Hall–Kier alpha value is -2.05. The Morgan fingerprint density at radius 1 is 1.54 bits per heavy atom. The molecule has 7 nitrogen and oxygen atoms in total. The number of methoxy groups -OCH3 is 1. The second-order valence-electron chi connectivity index (χ2n) is 2.13. The average molecular weight is 185 g/mol. The number of hydrogen-bond donors (Lipinski definition) is 2. The number of nitrogens with two attached hydrogens (primary N) is 2. The Balaban J connectivity index is 3.22. The maximum absolute atomic E-state index is 10.9. The molecule has 0 bridgehead atoms. The van der Waals surface area contributed by atoms with E-state index in [2.05, 4.69) is 14.4 Å². The summed E-state index contributed by atoms with van der Waals surface area (Å²) in [5.41, 5.74) is 9.89. The van der Waals surface area contributed by atoms with Gasteiger partial charge in [0.1, 0.15) is 5.56 Å². The van der Waals surface area contributed by atoms with E-state index >= 15 is 0 Å². The number of ether oxygens (including phenoxy) is 1. The molecule has 1 heterocycles. The standard InChI is InChI=1S/C6H7N3O4/c1-12-6(11)3-2(5(8)10)4(7)9-13-3/h1H3,(H2,7,9)(H2,8,10). The molecule has 0 fully saturated rings. The molecule has 0 saturated heterocycles. The third kappa shape index (κ3) is 1.43. The van der Waals surface area contributed by atoms with Crippen LogP contribution in [0.25, 0.3) is 0 Å². The fourth-order valence-corrected chi connectivity index (χ4v) is 0.773. The van der Waals surface area contributed by atoms with Crippen molar-refractivity contribution < 1.29 is 18.8 Å². The Kier molecular flexibility index (Phi) is 2.18. The zero-order chi connectivity index (χ0) is 10.0. The summed E-state index contributed by atoms with van der Waals surface area (Å²) in [6.07, 6.45) is 0. The number of primary amides is 1. The summed E-state index contributed by atoms with van der Waals surface area (Å²) in [6.45, 7) is 0. The minimum absolute atomic E-state index is 0.229. The molecule has 0 spiro atoms. The van der Waals surface area contributed by atoms with Crippen LogP contribution in [0.1, 0.15) is 20.9 Å². The first-order valence-electron chi connectivity index (χ1n) is 3.21. The van der Waals surface area contributed by atoms with E-state index in [1.54, 1.807) is 0 Å². The van der Waals surface area contributed by atoms with Crippen molar-refractivity contribution >= 4 is 17.7 Å². The summed E-state index contributed by atoms with van der Waals surface area (Å²) in [5.74, 6) is -2.35. The molecule has 0 aliphatic rings. The second kappa shape index (κ2) is 3.13. The van der Waals surface area contributed by atoms with Gasteiger partial charge in [0.15, 0.2) is 5.82 Å². The Labute approximate surface area is 72.6 Å². The van der Waals surface area contributed by atoms with Crippen LogP contribution in [0, 0.1) is 0 Å². The van der Waals surface area contributed by atoms with Crippen LogP contribution in [0.2, 0.25) is 0 Å². The smallest absolute Gasteiger partial charge is 0.377 e. The van der Waals surface area contributed by atoms with Crippen LogP contribution in [0.15, 0.2) is 4.52 Å². The van der Waals surface area contributed by atoms with Crippen molar-refractivity contribution in [2.24, 2.45) is 5.73 Å². The number of esters is 1. The predicted molar refractivity (Wildman–Crippen MR) is 40.8 cm³/mol. The van der Waals surface area contributed by atoms with Gasteiger partial charge in [-0.2, -0.15) is 0 Å². The van der Waals surface area contributed by atoms with Crippen molar-refractivity contribution in [3.8, 4) is 0 Å². The zero-order valence-electron chi connectivity index (χ0n) is 6.73. The maximum atomic E-state index is 10.9. The van der Waals surface area contributed by atoms with Gasteiger partial charge < -0.3 is 20.7 Å². The lowest BCUT2D eigenvalue weighted by atomic mass is 10.2. The van der Waals surface area contributed by atoms with Gasteiger partial charge in [-0.15, -0.1) is 0 Å². The van der Waals surface area contributed by atoms with Crippen molar-refractivity contribution in [2.75, 3.05) is 12.8 Å². The predicted octanol–water partition coefficient (Wildman–Crippen LogP) is -0.858. The normalized spacial score (nSPS) is 9.62. The summed E-state index contributed by atoms with van der Waals surface area (Å²) < 4.78 is 8.76. The summed E-state index contributed by atoms with van der Waals surface area (Å²) in [5, 5.41) is 3.21. The molecular formula is C6H7N3O4. The molecule has 70 valence electrons. The molecule has 0 saturated carbocycles. The third-order valence-electron chi connectivity index (χ3n) is 1.34. The fourth-order valence-electron chi connectivity index (χ4n) is 0.773. The summed E-state index contributed by atoms with van der Waals surface area (Å²) in [7, 11) is 1.13. The van der Waals surface area contributed by atoms with Crippen molar-refractivity contribution in [2.45, 2.75) is 0 Å². The minimum Gasteiger partial charge on any atom is -0.463 e. The lowest BCUT2D eigenvalue weighted by Crippen LogP contribution is -2.16. The topological polar surface area (TPSA) is 121 Å². The summed E-state index contributed by atoms with van der Waals surface area (Å²) >= 11 is 0. The maximum Gasteiger partial charge on any atom is 0.377 e.